The van der Waals surface area contributed by atoms with Crippen LogP contribution in [0.2, 0.25) is 0 Å². The topological polar surface area (TPSA) is 140 Å². The van der Waals surface area contributed by atoms with Crippen molar-refractivity contribution < 1.29 is 54.5 Å². The number of carbonyl (C=O) groups is 2. The number of hydrogen-bond donors (Lipinski definition) is 3. The third-order valence-electron chi connectivity index (χ3n) is 5.62. The van der Waals surface area contributed by atoms with Gasteiger partial charge in [0.05, 0.1) is 17.9 Å². The molecular formula is C26H31N4NaO5. The van der Waals surface area contributed by atoms with Gasteiger partial charge in [-0.15, -0.1) is 0 Å². The van der Waals surface area contributed by atoms with E-state index in [0.29, 0.717) is 18.7 Å². The predicted molar refractivity (Wildman–Crippen MR) is 128 cm³/mol. The Bertz CT molecular complexity index is 1120. The number of carboxylic acid groups (broad SMARTS) is 1. The number of nitrogens with one attached hydrogen (secondary N) is 1. The van der Waals surface area contributed by atoms with Gasteiger partial charge in [0, 0.05) is 48.6 Å². The summed E-state index contributed by atoms with van der Waals surface area (Å²) in [5.74, 6) is -1.42. The van der Waals surface area contributed by atoms with Gasteiger partial charge in [0.25, 0.3) is 5.91 Å². The van der Waals surface area contributed by atoms with Crippen molar-refractivity contribution in [1.82, 2.24) is 19.9 Å². The molecule has 0 unspecified atom stereocenters. The van der Waals surface area contributed by atoms with E-state index in [4.69, 9.17) is 0 Å². The largest absolute Gasteiger partial charge is 1.00 e. The van der Waals surface area contributed by atoms with Crippen molar-refractivity contribution in [2.75, 3.05) is 0 Å². The third kappa shape index (κ3) is 8.25. The Hall–Kier alpha value is -2.56. The smallest absolute Gasteiger partial charge is 0.550 e. The number of carboxylic acids is 1. The fraction of sp³-hybridized carbons (Fsp3) is 0.385. The maximum absolute atomic E-state index is 13.2. The van der Waals surface area contributed by atoms with Crippen LogP contribution in [0.5, 0.6) is 0 Å². The van der Waals surface area contributed by atoms with Gasteiger partial charge in [0.15, 0.2) is 5.82 Å². The minimum atomic E-state index is -1.37. The summed E-state index contributed by atoms with van der Waals surface area (Å²) in [4.78, 5) is 32.7. The Morgan fingerprint density at radius 2 is 1.81 bits per heavy atom. The van der Waals surface area contributed by atoms with E-state index in [1.54, 1.807) is 18.5 Å². The standard InChI is InChI=1S/C26H32N4O5.Na/c1-17(2)30-22(11-10-20(31)13-21(32)14-23(33)34)24(19-9-6-12-27-16-19)29-25(30)26(35)28-15-18-7-4-3-5-8-18;/h3-9,12,16-17,20-21,31-32H,10-11,13-15H2,1-2H3,(H,28,35)(H,33,34);/q;+1/p-1/t20-,21-;/m1./s1. The molecule has 0 bridgehead atoms. The number of imidazole rings is 1. The Morgan fingerprint density at radius 3 is 2.42 bits per heavy atom. The maximum atomic E-state index is 13.2. The van der Waals surface area contributed by atoms with Gasteiger partial charge in [-0.25, -0.2) is 4.98 Å². The molecule has 0 radical (unpaired) electrons. The SMILES string of the molecule is CC(C)n1c(C(=O)NCc2ccccc2)nc(-c2cccnc2)c1CC[C@@H](O)C[C@@H](O)CC(=O)[O-].[Na+]. The van der Waals surface area contributed by atoms with Gasteiger partial charge >= 0.3 is 29.6 Å². The Balaban J connectivity index is 0.00000456. The number of rotatable bonds is 12. The van der Waals surface area contributed by atoms with Crippen molar-refractivity contribution in [3.63, 3.8) is 0 Å². The molecule has 9 nitrogen and oxygen atoms in total. The molecule has 2 aromatic heterocycles. The number of nitrogens with zero attached hydrogens (tertiary/aromatic N) is 3. The van der Waals surface area contributed by atoms with E-state index in [1.807, 2.05) is 54.8 Å². The van der Waals surface area contributed by atoms with Gasteiger partial charge in [-0.1, -0.05) is 30.3 Å². The third-order valence-corrected chi connectivity index (χ3v) is 5.62. The molecule has 3 aromatic rings. The summed E-state index contributed by atoms with van der Waals surface area (Å²) in [5, 5.41) is 33.9. The number of aliphatic hydroxyl groups excluding tert-OH is 2. The Morgan fingerprint density at radius 1 is 1.08 bits per heavy atom. The molecule has 0 saturated carbocycles. The minimum Gasteiger partial charge on any atom is -0.550 e. The van der Waals surface area contributed by atoms with Crippen LogP contribution in [0.1, 0.15) is 61.0 Å². The summed E-state index contributed by atoms with van der Waals surface area (Å²) in [5.41, 5.74) is 3.06. The van der Waals surface area contributed by atoms with E-state index in [-0.39, 0.29) is 60.2 Å². The monoisotopic (exact) mass is 502 g/mol. The second-order valence-corrected chi connectivity index (χ2v) is 8.76. The molecule has 0 aliphatic rings. The summed E-state index contributed by atoms with van der Waals surface area (Å²) in [6.07, 6.45) is 1.19. The molecule has 1 amide bonds. The average Bonchev–Trinajstić information content (AvgIpc) is 3.22. The number of pyridine rings is 1. The zero-order valence-electron chi connectivity index (χ0n) is 20.9. The molecule has 0 aliphatic carbocycles. The van der Waals surface area contributed by atoms with Gasteiger partial charge in [-0.05, 0) is 50.8 Å². The van der Waals surface area contributed by atoms with Crippen molar-refractivity contribution in [2.24, 2.45) is 0 Å². The molecule has 186 valence electrons. The number of aliphatic hydroxyl groups is 2. The van der Waals surface area contributed by atoms with Crippen LogP contribution < -0.4 is 40.0 Å². The van der Waals surface area contributed by atoms with Gasteiger partial charge in [0.2, 0.25) is 0 Å². The zero-order chi connectivity index (χ0) is 25.4. The summed E-state index contributed by atoms with van der Waals surface area (Å²) in [6.45, 7) is 4.26. The molecule has 0 aliphatic heterocycles. The van der Waals surface area contributed by atoms with E-state index in [0.717, 1.165) is 16.8 Å². The van der Waals surface area contributed by atoms with Crippen LogP contribution in [0.15, 0.2) is 54.9 Å². The molecule has 2 heterocycles. The fourth-order valence-corrected chi connectivity index (χ4v) is 4.02. The van der Waals surface area contributed by atoms with Crippen molar-refractivity contribution >= 4 is 11.9 Å². The van der Waals surface area contributed by atoms with Crippen molar-refractivity contribution in [1.29, 1.82) is 0 Å². The number of benzene rings is 1. The minimum absolute atomic E-state index is 0. The molecule has 0 saturated heterocycles. The van der Waals surface area contributed by atoms with Gasteiger partial charge < -0.3 is 30.0 Å². The zero-order valence-corrected chi connectivity index (χ0v) is 22.9. The van der Waals surface area contributed by atoms with E-state index in [1.165, 1.54) is 0 Å². The Labute approximate surface area is 232 Å². The van der Waals surface area contributed by atoms with Gasteiger partial charge in [0.1, 0.15) is 0 Å². The maximum Gasteiger partial charge on any atom is 1.00 e. The first-order chi connectivity index (χ1) is 16.8. The normalized spacial score (nSPS) is 12.6. The summed E-state index contributed by atoms with van der Waals surface area (Å²) >= 11 is 0. The summed E-state index contributed by atoms with van der Waals surface area (Å²) in [6, 6.07) is 13.1. The van der Waals surface area contributed by atoms with Crippen LogP contribution >= 0.6 is 0 Å². The first kappa shape index (κ1) is 29.7. The van der Waals surface area contributed by atoms with E-state index < -0.39 is 24.6 Å². The molecule has 10 heteroatoms. The molecule has 2 atom stereocenters. The van der Waals surface area contributed by atoms with Crippen LogP contribution in [0.3, 0.4) is 0 Å². The Kier molecular flexibility index (Phi) is 11.7. The average molecular weight is 503 g/mol. The summed E-state index contributed by atoms with van der Waals surface area (Å²) in [7, 11) is 0. The van der Waals surface area contributed by atoms with E-state index in [9.17, 15) is 24.9 Å². The van der Waals surface area contributed by atoms with Crippen LogP contribution in [0.25, 0.3) is 11.3 Å². The van der Waals surface area contributed by atoms with E-state index in [2.05, 4.69) is 15.3 Å². The fourth-order valence-electron chi connectivity index (χ4n) is 4.02. The van der Waals surface area contributed by atoms with Crippen molar-refractivity contribution in [3.05, 3.63) is 71.9 Å². The van der Waals surface area contributed by atoms with E-state index >= 15 is 0 Å². The molecule has 1 aromatic carbocycles. The first-order valence-corrected chi connectivity index (χ1v) is 11.7. The summed E-state index contributed by atoms with van der Waals surface area (Å²) < 4.78 is 1.85. The van der Waals surface area contributed by atoms with Crippen LogP contribution in [-0.4, -0.2) is 48.8 Å². The van der Waals surface area contributed by atoms with Gasteiger partial charge in [-0.3, -0.25) is 9.78 Å². The first-order valence-electron chi connectivity index (χ1n) is 11.7. The van der Waals surface area contributed by atoms with Crippen LogP contribution in [-0.2, 0) is 17.8 Å². The molecule has 3 N–H and O–H groups in total. The van der Waals surface area contributed by atoms with Crippen LogP contribution in [0, 0.1) is 0 Å². The second kappa shape index (κ2) is 14.2. The molecule has 0 fully saturated rings. The number of aliphatic carboxylic acids is 1. The molecule has 0 spiro atoms. The van der Waals surface area contributed by atoms with Crippen molar-refractivity contribution in [3.8, 4) is 11.3 Å². The quantitative estimate of drug-likeness (QED) is 0.260. The molecular weight excluding hydrogens is 471 g/mol. The molecule has 36 heavy (non-hydrogen) atoms. The number of amides is 1. The van der Waals surface area contributed by atoms with Gasteiger partial charge in [-0.2, -0.15) is 0 Å². The number of hydrogen-bond acceptors (Lipinski definition) is 7. The van der Waals surface area contributed by atoms with Crippen LogP contribution in [0.4, 0.5) is 0 Å². The predicted octanol–water partition coefficient (Wildman–Crippen LogP) is -1.36. The second-order valence-electron chi connectivity index (χ2n) is 8.76. The number of aromatic nitrogens is 3. The number of carbonyl (C=O) groups excluding carboxylic acids is 2. The molecule has 3 rings (SSSR count). The van der Waals surface area contributed by atoms with Crippen molar-refractivity contribution in [2.45, 2.75) is 64.3 Å².